The number of nitrogens with zero attached hydrogens (tertiary/aromatic N) is 2. The van der Waals surface area contributed by atoms with Crippen molar-refractivity contribution in [3.05, 3.63) is 71.8 Å². The first-order valence-corrected chi connectivity index (χ1v) is 13.3. The van der Waals surface area contributed by atoms with Crippen LogP contribution in [0.15, 0.2) is 66.2 Å². The summed E-state index contributed by atoms with van der Waals surface area (Å²) in [6.45, 7) is 7.46. The van der Waals surface area contributed by atoms with Crippen LogP contribution in [0.5, 0.6) is 5.75 Å². The lowest BCUT2D eigenvalue weighted by Gasteiger charge is -2.49. The molecule has 1 N–H and O–H groups in total. The monoisotopic (exact) mass is 512 g/mol. The molecule has 2 heterocycles. The van der Waals surface area contributed by atoms with Gasteiger partial charge in [0.15, 0.2) is 0 Å². The fourth-order valence-corrected chi connectivity index (χ4v) is 7.55. The second kappa shape index (κ2) is 8.13. The van der Waals surface area contributed by atoms with Crippen LogP contribution in [0.1, 0.15) is 52.0 Å². The van der Waals surface area contributed by atoms with Crippen molar-refractivity contribution in [2.24, 2.45) is 29.1 Å². The lowest BCUT2D eigenvalue weighted by molar-refractivity contribution is -0.145. The topological polar surface area (TPSA) is 95.0 Å². The molecule has 0 radical (unpaired) electrons. The number of phenolic OH excluding ortho intramolecular Hbond substituents is 1. The van der Waals surface area contributed by atoms with E-state index in [4.69, 9.17) is 0 Å². The molecular weight excluding hydrogens is 480 g/mol. The summed E-state index contributed by atoms with van der Waals surface area (Å²) in [6, 6.07) is 15.7. The molecule has 4 amide bonds. The van der Waals surface area contributed by atoms with Gasteiger partial charge in [-0.1, -0.05) is 42.0 Å². The minimum Gasteiger partial charge on any atom is -0.508 e. The molecule has 1 saturated carbocycles. The molecule has 0 aromatic heterocycles. The maximum atomic E-state index is 14.2. The van der Waals surface area contributed by atoms with Crippen LogP contribution in [0.3, 0.4) is 0 Å². The number of imide groups is 2. The summed E-state index contributed by atoms with van der Waals surface area (Å²) in [4.78, 5) is 58.2. The van der Waals surface area contributed by atoms with Crippen LogP contribution < -0.4 is 4.90 Å². The summed E-state index contributed by atoms with van der Waals surface area (Å²) >= 11 is 0. The summed E-state index contributed by atoms with van der Waals surface area (Å²) < 4.78 is 0. The Hall–Kier alpha value is -3.74. The Morgan fingerprint density at radius 2 is 1.53 bits per heavy atom. The fourth-order valence-electron chi connectivity index (χ4n) is 7.55. The van der Waals surface area contributed by atoms with E-state index in [-0.39, 0.29) is 35.3 Å². The first kappa shape index (κ1) is 24.6. The molecule has 7 nitrogen and oxygen atoms in total. The van der Waals surface area contributed by atoms with Crippen molar-refractivity contribution in [3.63, 3.8) is 0 Å². The molecule has 2 saturated heterocycles. The van der Waals surface area contributed by atoms with Gasteiger partial charge in [0.05, 0.1) is 28.9 Å². The first-order valence-electron chi connectivity index (χ1n) is 13.3. The maximum Gasteiger partial charge on any atom is 0.241 e. The predicted octanol–water partition coefficient (Wildman–Crippen LogP) is 4.42. The van der Waals surface area contributed by atoms with Crippen molar-refractivity contribution in [1.82, 2.24) is 4.90 Å². The molecule has 38 heavy (non-hydrogen) atoms. The molecule has 6 atom stereocenters. The Bertz CT molecular complexity index is 1390. The number of carbonyl (C=O) groups is 4. The minimum absolute atomic E-state index is 0.109. The van der Waals surface area contributed by atoms with Gasteiger partial charge in [0.25, 0.3) is 0 Å². The summed E-state index contributed by atoms with van der Waals surface area (Å²) in [5, 5.41) is 9.98. The fraction of sp³-hybridized carbons (Fsp3) is 0.419. The lowest BCUT2D eigenvalue weighted by atomic mass is 9.51. The smallest absolute Gasteiger partial charge is 0.241 e. The summed E-state index contributed by atoms with van der Waals surface area (Å²) in [5.41, 5.74) is 0.570. The van der Waals surface area contributed by atoms with Gasteiger partial charge in [-0.15, -0.1) is 0 Å². The van der Waals surface area contributed by atoms with Gasteiger partial charge in [0.2, 0.25) is 23.6 Å². The number of anilines is 1. The first-order chi connectivity index (χ1) is 18.0. The van der Waals surface area contributed by atoms with Crippen molar-refractivity contribution in [2.75, 3.05) is 4.90 Å². The number of likely N-dealkylation sites (tertiary alicyclic amines) is 1. The number of fused-ring (bicyclic) bond motifs is 4. The molecule has 196 valence electrons. The summed E-state index contributed by atoms with van der Waals surface area (Å²) in [6.07, 6.45) is 2.81. The number of amides is 4. The van der Waals surface area contributed by atoms with E-state index in [0.717, 1.165) is 11.1 Å². The second-order valence-corrected chi connectivity index (χ2v) is 12.3. The highest BCUT2D eigenvalue weighted by atomic mass is 16.3. The Kier molecular flexibility index (Phi) is 5.26. The number of aromatic hydroxyl groups is 1. The molecule has 0 bridgehead atoms. The molecule has 2 aromatic carbocycles. The van der Waals surface area contributed by atoms with Crippen LogP contribution in [-0.4, -0.2) is 39.2 Å². The third-order valence-corrected chi connectivity index (χ3v) is 9.19. The van der Waals surface area contributed by atoms with Crippen LogP contribution in [0.4, 0.5) is 5.69 Å². The van der Waals surface area contributed by atoms with Crippen molar-refractivity contribution in [1.29, 1.82) is 0 Å². The van der Waals surface area contributed by atoms with E-state index in [1.807, 2.05) is 39.8 Å². The number of phenols is 1. The van der Waals surface area contributed by atoms with Crippen LogP contribution >= 0.6 is 0 Å². The van der Waals surface area contributed by atoms with Crippen LogP contribution in [-0.2, 0) is 19.2 Å². The molecule has 2 aliphatic carbocycles. The van der Waals surface area contributed by atoms with Crippen LogP contribution in [0.25, 0.3) is 0 Å². The van der Waals surface area contributed by atoms with Gasteiger partial charge in [-0.3, -0.25) is 24.1 Å². The number of hydrogen-bond acceptors (Lipinski definition) is 5. The molecule has 6 rings (SSSR count). The maximum absolute atomic E-state index is 14.2. The third-order valence-electron chi connectivity index (χ3n) is 9.19. The molecule has 2 aliphatic heterocycles. The van der Waals surface area contributed by atoms with Gasteiger partial charge >= 0.3 is 0 Å². The van der Waals surface area contributed by atoms with E-state index in [0.29, 0.717) is 18.5 Å². The number of rotatable bonds is 2. The Labute approximate surface area is 222 Å². The standard InChI is InChI=1S/C31H32N2O5/c1-30(2,3)33-26(35)21-15-14-20-22(24(21)28(33)37)16-23-27(36)32(18-8-6-5-7-9-18)29(38)31(23,4)25(20)17-10-12-19(34)13-11-17/h5-14,21-25,34H,15-16H2,1-4H3. The molecule has 6 unspecified atom stereocenters. The zero-order chi connectivity index (χ0) is 27.1. The third kappa shape index (κ3) is 3.20. The molecule has 4 aliphatic rings. The highest BCUT2D eigenvalue weighted by molar-refractivity contribution is 6.24. The number of allylic oxidation sites excluding steroid dienone is 2. The van der Waals surface area contributed by atoms with Gasteiger partial charge < -0.3 is 5.11 Å². The van der Waals surface area contributed by atoms with E-state index in [1.54, 1.807) is 48.5 Å². The molecule has 3 fully saturated rings. The van der Waals surface area contributed by atoms with E-state index in [2.05, 4.69) is 0 Å². The van der Waals surface area contributed by atoms with Gasteiger partial charge in [0.1, 0.15) is 5.75 Å². The van der Waals surface area contributed by atoms with E-state index in [9.17, 15) is 24.3 Å². The van der Waals surface area contributed by atoms with Crippen molar-refractivity contribution in [2.45, 2.75) is 52.0 Å². The summed E-state index contributed by atoms with van der Waals surface area (Å²) in [5.74, 6) is -3.23. The average molecular weight is 513 g/mol. The van der Waals surface area contributed by atoms with E-state index in [1.165, 1.54) is 9.80 Å². The molecular formula is C31H32N2O5. The number of hydrogen-bond donors (Lipinski definition) is 1. The van der Waals surface area contributed by atoms with Crippen LogP contribution in [0.2, 0.25) is 0 Å². The number of carbonyl (C=O) groups excluding carboxylic acids is 4. The van der Waals surface area contributed by atoms with E-state index >= 15 is 0 Å². The van der Waals surface area contributed by atoms with Crippen LogP contribution in [0, 0.1) is 29.1 Å². The minimum atomic E-state index is -1.07. The SMILES string of the molecule is CC12C(=O)N(c3ccccc3)C(=O)C1CC1C(=CCC3C(=O)N(C(C)(C)C)C(=O)C31)C2c1ccc(O)cc1. The normalized spacial score (nSPS) is 32.7. The highest BCUT2D eigenvalue weighted by Crippen LogP contribution is 2.63. The Balaban J connectivity index is 1.51. The average Bonchev–Trinajstić information content (AvgIpc) is 3.25. The Morgan fingerprint density at radius 3 is 2.16 bits per heavy atom. The van der Waals surface area contributed by atoms with Crippen molar-refractivity contribution in [3.8, 4) is 5.75 Å². The summed E-state index contributed by atoms with van der Waals surface area (Å²) in [7, 11) is 0. The lowest BCUT2D eigenvalue weighted by Crippen LogP contribution is -2.49. The van der Waals surface area contributed by atoms with Gasteiger partial charge in [-0.05, 0) is 76.3 Å². The van der Waals surface area contributed by atoms with Gasteiger partial charge in [-0.25, -0.2) is 4.90 Å². The number of para-hydroxylation sites is 1. The molecule has 2 aromatic rings. The van der Waals surface area contributed by atoms with Crippen molar-refractivity contribution < 1.29 is 24.3 Å². The highest BCUT2D eigenvalue weighted by Gasteiger charge is 2.67. The van der Waals surface area contributed by atoms with Gasteiger partial charge in [0, 0.05) is 11.5 Å². The quantitative estimate of drug-likeness (QED) is 0.475. The van der Waals surface area contributed by atoms with Crippen molar-refractivity contribution >= 4 is 29.3 Å². The Morgan fingerprint density at radius 1 is 0.868 bits per heavy atom. The zero-order valence-electron chi connectivity index (χ0n) is 22.0. The molecule has 0 spiro atoms. The number of benzene rings is 2. The largest absolute Gasteiger partial charge is 0.508 e. The van der Waals surface area contributed by atoms with Gasteiger partial charge in [-0.2, -0.15) is 0 Å². The molecule has 7 heteroatoms. The zero-order valence-corrected chi connectivity index (χ0v) is 22.0. The van der Waals surface area contributed by atoms with E-state index < -0.39 is 34.6 Å². The second-order valence-electron chi connectivity index (χ2n) is 12.3. The predicted molar refractivity (Wildman–Crippen MR) is 141 cm³/mol.